The molecule has 0 aliphatic carbocycles. The van der Waals surface area contributed by atoms with E-state index in [-0.39, 0.29) is 10.8 Å². The van der Waals surface area contributed by atoms with Gasteiger partial charge in [0.1, 0.15) is 5.75 Å². The summed E-state index contributed by atoms with van der Waals surface area (Å²) in [4.78, 5) is 14.7. The fourth-order valence-corrected chi connectivity index (χ4v) is 3.67. The van der Waals surface area contributed by atoms with Gasteiger partial charge in [0.25, 0.3) is 0 Å². The average Bonchev–Trinajstić information content (AvgIpc) is 2.73. The molecular formula is C23H32N2O4S. The molecule has 0 unspecified atom stereocenters. The van der Waals surface area contributed by atoms with Gasteiger partial charge < -0.3 is 10.1 Å². The van der Waals surface area contributed by atoms with Crippen molar-refractivity contribution >= 4 is 15.7 Å². The Balaban J connectivity index is 1.70. The molecule has 0 spiro atoms. The molecule has 30 heavy (non-hydrogen) atoms. The minimum atomic E-state index is -3.21. The second kappa shape index (κ2) is 11.7. The molecular weight excluding hydrogens is 400 g/mol. The predicted octanol–water partition coefficient (Wildman–Crippen LogP) is 3.41. The Labute approximate surface area is 180 Å². The zero-order chi connectivity index (χ0) is 22.0. The predicted molar refractivity (Wildman–Crippen MR) is 119 cm³/mol. The standard InChI is InChI=1S/C23H32N2O4S/c1-4-25(5-2)18-20-9-6-8-19(16-20)17-24-23(26)10-7-15-29-21-11-13-22(14-12-21)30(3,27)28/h6,8-9,11-14,16H,4-5,7,10,15,17-18H2,1-3H3,(H,24,26). The van der Waals surface area contributed by atoms with Gasteiger partial charge in [-0.2, -0.15) is 0 Å². The van der Waals surface area contributed by atoms with Crippen LogP contribution in [-0.4, -0.2) is 45.2 Å². The first-order valence-corrected chi connectivity index (χ1v) is 12.2. The molecule has 6 nitrogen and oxygen atoms in total. The lowest BCUT2D eigenvalue weighted by Crippen LogP contribution is -2.24. The summed E-state index contributed by atoms with van der Waals surface area (Å²) < 4.78 is 28.5. The lowest BCUT2D eigenvalue weighted by atomic mass is 10.1. The smallest absolute Gasteiger partial charge is 0.220 e. The molecule has 2 rings (SSSR count). The van der Waals surface area contributed by atoms with Gasteiger partial charge in [-0.15, -0.1) is 0 Å². The Kier molecular flexibility index (Phi) is 9.33. The van der Waals surface area contributed by atoms with Crippen LogP contribution < -0.4 is 10.1 Å². The van der Waals surface area contributed by atoms with Crippen molar-refractivity contribution in [2.75, 3.05) is 26.0 Å². The third kappa shape index (κ3) is 8.16. The number of hydrogen-bond donors (Lipinski definition) is 1. The summed E-state index contributed by atoms with van der Waals surface area (Å²) in [6, 6.07) is 14.6. The monoisotopic (exact) mass is 432 g/mol. The quantitative estimate of drug-likeness (QED) is 0.520. The fourth-order valence-electron chi connectivity index (χ4n) is 3.04. The Morgan fingerprint density at radius 2 is 1.70 bits per heavy atom. The number of nitrogens with one attached hydrogen (secondary N) is 1. The molecule has 0 aliphatic heterocycles. The topological polar surface area (TPSA) is 75.7 Å². The highest BCUT2D eigenvalue weighted by Crippen LogP contribution is 2.16. The van der Waals surface area contributed by atoms with E-state index in [1.54, 1.807) is 12.1 Å². The lowest BCUT2D eigenvalue weighted by Gasteiger charge is -2.18. The molecule has 0 fully saturated rings. The minimum absolute atomic E-state index is 0.0137. The molecule has 0 saturated carbocycles. The van der Waals surface area contributed by atoms with Crippen molar-refractivity contribution in [2.24, 2.45) is 0 Å². The Bertz CT molecular complexity index is 907. The number of nitrogens with zero attached hydrogens (tertiary/aromatic N) is 1. The summed E-state index contributed by atoms with van der Waals surface area (Å²) in [5, 5.41) is 2.96. The summed E-state index contributed by atoms with van der Waals surface area (Å²) in [6.07, 6.45) is 2.13. The maximum atomic E-state index is 12.1. The molecule has 0 radical (unpaired) electrons. The molecule has 1 amide bonds. The first-order chi connectivity index (χ1) is 14.3. The lowest BCUT2D eigenvalue weighted by molar-refractivity contribution is -0.121. The van der Waals surface area contributed by atoms with Crippen LogP contribution in [0.3, 0.4) is 0 Å². The summed E-state index contributed by atoms with van der Waals surface area (Å²) >= 11 is 0. The highest BCUT2D eigenvalue weighted by molar-refractivity contribution is 7.90. The van der Waals surface area contributed by atoms with Crippen LogP contribution in [-0.2, 0) is 27.7 Å². The van der Waals surface area contributed by atoms with E-state index in [9.17, 15) is 13.2 Å². The Morgan fingerprint density at radius 3 is 2.33 bits per heavy atom. The number of sulfone groups is 1. The van der Waals surface area contributed by atoms with E-state index in [1.807, 2.05) is 12.1 Å². The number of rotatable bonds is 12. The van der Waals surface area contributed by atoms with Gasteiger partial charge in [-0.1, -0.05) is 38.1 Å². The van der Waals surface area contributed by atoms with E-state index in [0.717, 1.165) is 25.2 Å². The number of carbonyl (C=O) groups excluding carboxylic acids is 1. The zero-order valence-corrected chi connectivity index (χ0v) is 18.9. The number of ether oxygens (including phenoxy) is 1. The number of carbonyl (C=O) groups is 1. The van der Waals surface area contributed by atoms with Crippen molar-refractivity contribution in [3.8, 4) is 5.75 Å². The van der Waals surface area contributed by atoms with Crippen molar-refractivity contribution in [1.82, 2.24) is 10.2 Å². The molecule has 164 valence electrons. The number of hydrogen-bond acceptors (Lipinski definition) is 5. The van der Waals surface area contributed by atoms with Gasteiger partial charge in [-0.25, -0.2) is 8.42 Å². The van der Waals surface area contributed by atoms with Gasteiger partial charge in [-0.05, 0) is 54.9 Å². The van der Waals surface area contributed by atoms with Crippen molar-refractivity contribution in [1.29, 1.82) is 0 Å². The second-order valence-electron chi connectivity index (χ2n) is 7.25. The van der Waals surface area contributed by atoms with Gasteiger partial charge >= 0.3 is 0 Å². The van der Waals surface area contributed by atoms with E-state index >= 15 is 0 Å². The SMILES string of the molecule is CCN(CC)Cc1cccc(CNC(=O)CCCOc2ccc(S(C)(=O)=O)cc2)c1. The average molecular weight is 433 g/mol. The normalized spacial score (nSPS) is 11.5. The van der Waals surface area contributed by atoms with Crippen LogP contribution in [0.4, 0.5) is 0 Å². The van der Waals surface area contributed by atoms with Crippen molar-refractivity contribution in [3.05, 3.63) is 59.7 Å². The second-order valence-corrected chi connectivity index (χ2v) is 9.27. The largest absolute Gasteiger partial charge is 0.494 e. The zero-order valence-electron chi connectivity index (χ0n) is 18.1. The summed E-state index contributed by atoms with van der Waals surface area (Å²) in [6.45, 7) is 8.16. The Morgan fingerprint density at radius 1 is 1.03 bits per heavy atom. The molecule has 0 saturated heterocycles. The van der Waals surface area contributed by atoms with Crippen LogP contribution in [0.15, 0.2) is 53.4 Å². The van der Waals surface area contributed by atoms with Crippen molar-refractivity contribution in [2.45, 2.75) is 44.7 Å². The Hall–Kier alpha value is -2.38. The van der Waals surface area contributed by atoms with Gasteiger partial charge in [0.05, 0.1) is 11.5 Å². The van der Waals surface area contributed by atoms with Crippen LogP contribution in [0.5, 0.6) is 5.75 Å². The van der Waals surface area contributed by atoms with Crippen LogP contribution in [0.2, 0.25) is 0 Å². The molecule has 0 aromatic heterocycles. The van der Waals surface area contributed by atoms with E-state index in [1.165, 1.54) is 24.0 Å². The molecule has 0 aliphatic rings. The van der Waals surface area contributed by atoms with Crippen LogP contribution in [0, 0.1) is 0 Å². The molecule has 1 N–H and O–H groups in total. The van der Waals surface area contributed by atoms with E-state index in [2.05, 4.69) is 36.2 Å². The van der Waals surface area contributed by atoms with Gasteiger partial charge in [0.2, 0.25) is 5.91 Å². The highest BCUT2D eigenvalue weighted by atomic mass is 32.2. The maximum Gasteiger partial charge on any atom is 0.220 e. The third-order valence-corrected chi connectivity index (χ3v) is 5.98. The number of benzene rings is 2. The highest BCUT2D eigenvalue weighted by Gasteiger charge is 2.07. The minimum Gasteiger partial charge on any atom is -0.494 e. The van der Waals surface area contributed by atoms with Gasteiger partial charge in [-0.3, -0.25) is 9.69 Å². The molecule has 2 aromatic carbocycles. The summed E-state index contributed by atoms with van der Waals surface area (Å²) in [7, 11) is -3.21. The molecule has 7 heteroatoms. The number of amides is 1. The maximum absolute atomic E-state index is 12.1. The first kappa shape index (κ1) is 23.9. The molecule has 0 heterocycles. The summed E-state index contributed by atoms with van der Waals surface area (Å²) in [5.74, 6) is 0.577. The molecule has 2 aromatic rings. The molecule has 0 atom stereocenters. The van der Waals surface area contributed by atoms with E-state index in [4.69, 9.17) is 4.74 Å². The van der Waals surface area contributed by atoms with Gasteiger partial charge in [0, 0.05) is 25.8 Å². The van der Waals surface area contributed by atoms with Crippen LogP contribution in [0.25, 0.3) is 0 Å². The fraction of sp³-hybridized carbons (Fsp3) is 0.435. The van der Waals surface area contributed by atoms with Gasteiger partial charge in [0.15, 0.2) is 9.84 Å². The van der Waals surface area contributed by atoms with Crippen LogP contribution in [0.1, 0.15) is 37.8 Å². The molecule has 0 bridgehead atoms. The van der Waals surface area contributed by atoms with Crippen LogP contribution >= 0.6 is 0 Å². The third-order valence-electron chi connectivity index (χ3n) is 4.85. The van der Waals surface area contributed by atoms with Crippen molar-refractivity contribution in [3.63, 3.8) is 0 Å². The van der Waals surface area contributed by atoms with E-state index < -0.39 is 9.84 Å². The summed E-state index contributed by atoms with van der Waals surface area (Å²) in [5.41, 5.74) is 2.34. The first-order valence-electron chi connectivity index (χ1n) is 10.3. The van der Waals surface area contributed by atoms with E-state index in [0.29, 0.717) is 31.7 Å². The van der Waals surface area contributed by atoms with Crippen molar-refractivity contribution < 1.29 is 17.9 Å².